The van der Waals surface area contributed by atoms with Crippen molar-refractivity contribution in [2.75, 3.05) is 42.0 Å². The van der Waals surface area contributed by atoms with Crippen LogP contribution in [0.4, 0.5) is 17.1 Å². The maximum Gasteiger partial charge on any atom is 0.234 e. The van der Waals surface area contributed by atoms with Crippen LogP contribution in [0.15, 0.2) is 71.6 Å². The molecule has 0 fully saturated rings. The number of hydrogen-bond donors (Lipinski definition) is 3. The second-order valence-corrected chi connectivity index (χ2v) is 8.46. The Balaban J connectivity index is 1.29. The van der Waals surface area contributed by atoms with Crippen molar-refractivity contribution >= 4 is 52.1 Å². The third kappa shape index (κ3) is 6.30. The molecule has 7 nitrogen and oxygen atoms in total. The van der Waals surface area contributed by atoms with Crippen molar-refractivity contribution in [3.05, 3.63) is 66.7 Å². The number of carbonyl (C=O) groups is 1. The summed E-state index contributed by atoms with van der Waals surface area (Å²) in [5.41, 5.74) is 2.27. The summed E-state index contributed by atoms with van der Waals surface area (Å²) in [6.07, 6.45) is 0. The molecule has 1 amide bonds. The van der Waals surface area contributed by atoms with Gasteiger partial charge in [0.1, 0.15) is 19.0 Å². The number of methoxy groups -OCH3 is 1. The molecular formula is C24H23N3O4S2. The Bertz CT molecular complexity index is 1160. The first-order chi connectivity index (χ1) is 16.1. The second kappa shape index (κ2) is 10.9. The van der Waals surface area contributed by atoms with Gasteiger partial charge in [-0.1, -0.05) is 18.2 Å². The molecule has 1 aliphatic rings. The van der Waals surface area contributed by atoms with Gasteiger partial charge in [-0.05, 0) is 54.7 Å². The maximum atomic E-state index is 12.4. The molecule has 9 heteroatoms. The molecule has 1 aliphatic heterocycles. The molecule has 0 aliphatic carbocycles. The smallest absolute Gasteiger partial charge is 0.234 e. The van der Waals surface area contributed by atoms with E-state index in [1.54, 1.807) is 25.3 Å². The van der Waals surface area contributed by atoms with Crippen LogP contribution in [-0.4, -0.2) is 37.1 Å². The molecule has 0 radical (unpaired) electrons. The highest BCUT2D eigenvalue weighted by Crippen LogP contribution is 2.32. The van der Waals surface area contributed by atoms with Crippen molar-refractivity contribution in [3.63, 3.8) is 0 Å². The summed E-state index contributed by atoms with van der Waals surface area (Å²) in [4.78, 5) is 13.4. The van der Waals surface area contributed by atoms with Crippen LogP contribution in [0, 0.1) is 0 Å². The number of amides is 1. The summed E-state index contributed by atoms with van der Waals surface area (Å²) < 4.78 is 16.4. The summed E-state index contributed by atoms with van der Waals surface area (Å²) in [7, 11) is 1.61. The lowest BCUT2D eigenvalue weighted by atomic mass is 10.2. The summed E-state index contributed by atoms with van der Waals surface area (Å²) >= 11 is 6.86. The second-order valence-electron chi connectivity index (χ2n) is 7.00. The average molecular weight is 482 g/mol. The largest absolute Gasteiger partial charge is 0.495 e. The molecule has 4 rings (SSSR count). The standard InChI is InChI=1S/C24H23N3O4S2/c1-29-20-8-3-2-7-19(20)27-24(32)26-16-5-4-6-18(13-16)33-15-23(28)25-17-9-10-21-22(14-17)31-12-11-30-21/h2-10,13-14H,11-12,15H2,1H3,(H,25,28)(H2,26,27,32). The van der Waals surface area contributed by atoms with Crippen LogP contribution in [0.3, 0.4) is 0 Å². The minimum atomic E-state index is -0.108. The van der Waals surface area contributed by atoms with Gasteiger partial charge in [0.2, 0.25) is 5.91 Å². The molecular weight excluding hydrogens is 458 g/mol. The van der Waals surface area contributed by atoms with E-state index in [1.165, 1.54) is 11.8 Å². The van der Waals surface area contributed by atoms with Crippen LogP contribution in [0.1, 0.15) is 0 Å². The Kier molecular flexibility index (Phi) is 7.54. The first-order valence-electron chi connectivity index (χ1n) is 10.2. The molecule has 3 aromatic rings. The van der Waals surface area contributed by atoms with Gasteiger partial charge < -0.3 is 30.2 Å². The summed E-state index contributed by atoms with van der Waals surface area (Å²) in [6, 6.07) is 20.6. The highest BCUT2D eigenvalue weighted by molar-refractivity contribution is 8.00. The highest BCUT2D eigenvalue weighted by atomic mass is 32.2. The van der Waals surface area contributed by atoms with E-state index in [-0.39, 0.29) is 11.7 Å². The SMILES string of the molecule is COc1ccccc1NC(=S)Nc1cccc(SCC(=O)Nc2ccc3c(c2)OCCO3)c1. The van der Waals surface area contributed by atoms with Crippen molar-refractivity contribution < 1.29 is 19.0 Å². The number of nitrogens with one attached hydrogen (secondary N) is 3. The van der Waals surface area contributed by atoms with Gasteiger partial charge in [0.15, 0.2) is 16.6 Å². The Labute approximate surface area is 201 Å². The van der Waals surface area contributed by atoms with Gasteiger partial charge in [-0.2, -0.15) is 0 Å². The first-order valence-corrected chi connectivity index (χ1v) is 11.6. The van der Waals surface area contributed by atoms with Crippen LogP contribution in [0.5, 0.6) is 17.2 Å². The lowest BCUT2D eigenvalue weighted by molar-refractivity contribution is -0.113. The van der Waals surface area contributed by atoms with E-state index in [2.05, 4.69) is 16.0 Å². The molecule has 0 saturated heterocycles. The average Bonchev–Trinajstić information content (AvgIpc) is 2.83. The van der Waals surface area contributed by atoms with Crippen molar-refractivity contribution in [2.45, 2.75) is 4.90 Å². The number of para-hydroxylation sites is 2. The predicted molar refractivity (Wildman–Crippen MR) is 136 cm³/mol. The number of hydrogen-bond acceptors (Lipinski definition) is 6. The van der Waals surface area contributed by atoms with Crippen LogP contribution in [-0.2, 0) is 4.79 Å². The van der Waals surface area contributed by atoms with Gasteiger partial charge in [-0.15, -0.1) is 11.8 Å². The quantitative estimate of drug-likeness (QED) is 0.321. The van der Waals surface area contributed by atoms with E-state index >= 15 is 0 Å². The van der Waals surface area contributed by atoms with Crippen LogP contribution >= 0.6 is 24.0 Å². The minimum Gasteiger partial charge on any atom is -0.495 e. The number of carbonyl (C=O) groups excluding carboxylic acids is 1. The van der Waals surface area contributed by atoms with Gasteiger partial charge >= 0.3 is 0 Å². The maximum absolute atomic E-state index is 12.4. The van der Waals surface area contributed by atoms with E-state index in [0.29, 0.717) is 41.3 Å². The molecule has 1 heterocycles. The van der Waals surface area contributed by atoms with E-state index < -0.39 is 0 Å². The van der Waals surface area contributed by atoms with E-state index in [4.69, 9.17) is 26.4 Å². The fraction of sp³-hybridized carbons (Fsp3) is 0.167. The first kappa shape index (κ1) is 22.8. The van der Waals surface area contributed by atoms with Crippen LogP contribution < -0.4 is 30.2 Å². The number of thioether (sulfide) groups is 1. The number of rotatable bonds is 7. The molecule has 0 saturated carbocycles. The van der Waals surface area contributed by atoms with Gasteiger partial charge in [0.25, 0.3) is 0 Å². The van der Waals surface area contributed by atoms with Crippen LogP contribution in [0.25, 0.3) is 0 Å². The van der Waals surface area contributed by atoms with Crippen molar-refractivity contribution in [1.82, 2.24) is 0 Å². The summed E-state index contributed by atoms with van der Waals surface area (Å²) in [5.74, 6) is 2.19. The van der Waals surface area contributed by atoms with E-state index in [0.717, 1.165) is 16.3 Å². The molecule has 33 heavy (non-hydrogen) atoms. The summed E-state index contributed by atoms with van der Waals surface area (Å²) in [5, 5.41) is 9.63. The zero-order valence-corrected chi connectivity index (χ0v) is 19.6. The van der Waals surface area contributed by atoms with Crippen molar-refractivity contribution in [3.8, 4) is 17.2 Å². The third-order valence-electron chi connectivity index (χ3n) is 4.64. The lowest BCUT2D eigenvalue weighted by Gasteiger charge is -2.19. The Morgan fingerprint density at radius 2 is 1.73 bits per heavy atom. The Morgan fingerprint density at radius 1 is 0.939 bits per heavy atom. The number of thiocarbonyl (C=S) groups is 1. The molecule has 170 valence electrons. The predicted octanol–water partition coefficient (Wildman–Crippen LogP) is 5.01. The van der Waals surface area contributed by atoms with Gasteiger partial charge in [-0.25, -0.2) is 0 Å². The zero-order chi connectivity index (χ0) is 23.0. The van der Waals surface area contributed by atoms with Gasteiger partial charge in [0, 0.05) is 22.3 Å². The number of ether oxygens (including phenoxy) is 3. The van der Waals surface area contributed by atoms with Gasteiger partial charge in [-0.3, -0.25) is 4.79 Å². The molecule has 3 N–H and O–H groups in total. The fourth-order valence-corrected chi connectivity index (χ4v) is 4.15. The van der Waals surface area contributed by atoms with Crippen LogP contribution in [0.2, 0.25) is 0 Å². The van der Waals surface area contributed by atoms with Gasteiger partial charge in [0.05, 0.1) is 18.6 Å². The molecule has 0 aromatic heterocycles. The highest BCUT2D eigenvalue weighted by Gasteiger charge is 2.13. The number of fused-ring (bicyclic) bond motifs is 1. The lowest BCUT2D eigenvalue weighted by Crippen LogP contribution is -2.19. The molecule has 0 bridgehead atoms. The summed E-state index contributed by atoms with van der Waals surface area (Å²) in [6.45, 7) is 1.03. The third-order valence-corrected chi connectivity index (χ3v) is 5.84. The molecule has 0 spiro atoms. The minimum absolute atomic E-state index is 0.108. The van der Waals surface area contributed by atoms with Crippen molar-refractivity contribution in [2.24, 2.45) is 0 Å². The monoisotopic (exact) mass is 481 g/mol. The number of benzene rings is 3. The van der Waals surface area contributed by atoms with E-state index in [9.17, 15) is 4.79 Å². The van der Waals surface area contributed by atoms with Crippen molar-refractivity contribution in [1.29, 1.82) is 0 Å². The molecule has 0 atom stereocenters. The number of anilines is 3. The Morgan fingerprint density at radius 3 is 2.58 bits per heavy atom. The topological polar surface area (TPSA) is 80.9 Å². The molecule has 3 aromatic carbocycles. The fourth-order valence-electron chi connectivity index (χ4n) is 3.16. The normalized spacial score (nSPS) is 11.9. The Hall–Kier alpha value is -3.43. The van der Waals surface area contributed by atoms with E-state index in [1.807, 2.05) is 48.5 Å². The zero-order valence-electron chi connectivity index (χ0n) is 17.9. The molecule has 0 unspecified atom stereocenters.